The minimum Gasteiger partial charge on any atom is -0.497 e. The number of halogens is 2. The molecule has 0 saturated carbocycles. The third-order valence-corrected chi connectivity index (χ3v) is 3.05. The molecule has 0 spiro atoms. The molecule has 0 aliphatic carbocycles. The maximum Gasteiger partial charge on any atom is 0.153 e. The molecule has 0 radical (unpaired) electrons. The van der Waals surface area contributed by atoms with E-state index in [2.05, 4.69) is 0 Å². The molecular formula is C15H12ClFO3. The molecule has 0 aliphatic rings. The predicted molar refractivity (Wildman–Crippen MR) is 74.1 cm³/mol. The van der Waals surface area contributed by atoms with Crippen LogP contribution in [0.1, 0.15) is 15.9 Å². The van der Waals surface area contributed by atoms with Gasteiger partial charge in [-0.2, -0.15) is 0 Å². The van der Waals surface area contributed by atoms with Gasteiger partial charge in [-0.25, -0.2) is 4.39 Å². The minimum atomic E-state index is -0.523. The molecule has 3 nitrogen and oxygen atoms in total. The van der Waals surface area contributed by atoms with E-state index in [1.165, 1.54) is 13.2 Å². The predicted octanol–water partition coefficient (Wildman–Crippen LogP) is 3.88. The molecule has 0 fully saturated rings. The summed E-state index contributed by atoms with van der Waals surface area (Å²) >= 11 is 5.70. The number of carbonyl (C=O) groups is 1. The van der Waals surface area contributed by atoms with Gasteiger partial charge in [-0.3, -0.25) is 4.79 Å². The molecule has 0 aromatic heterocycles. The number of carbonyl (C=O) groups excluding carboxylic acids is 1. The molecule has 0 amide bonds. The second-order valence-electron chi connectivity index (χ2n) is 4.02. The lowest BCUT2D eigenvalue weighted by atomic mass is 10.2. The molecule has 0 atom stereocenters. The number of hydrogen-bond donors (Lipinski definition) is 0. The van der Waals surface area contributed by atoms with Crippen molar-refractivity contribution in [1.82, 2.24) is 0 Å². The van der Waals surface area contributed by atoms with Crippen LogP contribution in [0.15, 0.2) is 36.4 Å². The first kappa shape index (κ1) is 14.3. The smallest absolute Gasteiger partial charge is 0.153 e. The molecule has 0 unspecified atom stereocenters. The van der Waals surface area contributed by atoms with Crippen LogP contribution in [0.25, 0.3) is 0 Å². The number of ether oxygens (including phenoxy) is 2. The Kier molecular flexibility index (Phi) is 4.58. The monoisotopic (exact) mass is 294 g/mol. The molecule has 0 bridgehead atoms. The molecular weight excluding hydrogens is 283 g/mol. The summed E-state index contributed by atoms with van der Waals surface area (Å²) < 4.78 is 24.3. The van der Waals surface area contributed by atoms with Crippen LogP contribution in [0.4, 0.5) is 4.39 Å². The van der Waals surface area contributed by atoms with Crippen molar-refractivity contribution in [2.24, 2.45) is 0 Å². The molecule has 104 valence electrons. The van der Waals surface area contributed by atoms with E-state index in [0.717, 1.165) is 0 Å². The fraction of sp³-hybridized carbons (Fsp3) is 0.133. The number of aldehydes is 1. The average molecular weight is 295 g/mol. The molecule has 0 heterocycles. The SMILES string of the molecule is COc1ccc(C=O)c(OCc2cccc(Cl)c2F)c1. The topological polar surface area (TPSA) is 35.5 Å². The van der Waals surface area contributed by atoms with Gasteiger partial charge in [0, 0.05) is 11.6 Å². The first-order valence-corrected chi connectivity index (χ1v) is 6.22. The third kappa shape index (κ3) is 3.08. The van der Waals surface area contributed by atoms with Crippen molar-refractivity contribution in [1.29, 1.82) is 0 Å². The van der Waals surface area contributed by atoms with Crippen LogP contribution in [0.3, 0.4) is 0 Å². The summed E-state index contributed by atoms with van der Waals surface area (Å²) in [6.45, 7) is -0.0274. The fourth-order valence-electron chi connectivity index (χ4n) is 1.68. The Hall–Kier alpha value is -2.07. The molecule has 5 heteroatoms. The van der Waals surface area contributed by atoms with Gasteiger partial charge in [0.05, 0.1) is 17.7 Å². The zero-order valence-electron chi connectivity index (χ0n) is 10.7. The maximum atomic E-state index is 13.7. The summed E-state index contributed by atoms with van der Waals surface area (Å²) in [5.74, 6) is 0.362. The van der Waals surface area contributed by atoms with Crippen LogP contribution >= 0.6 is 11.6 Å². The first-order valence-electron chi connectivity index (χ1n) is 5.84. The Morgan fingerprint density at radius 1 is 1.30 bits per heavy atom. The van der Waals surface area contributed by atoms with Crippen LogP contribution in [0.5, 0.6) is 11.5 Å². The summed E-state index contributed by atoms with van der Waals surface area (Å²) in [6.07, 6.45) is 0.670. The third-order valence-electron chi connectivity index (χ3n) is 2.76. The Labute approximate surface area is 120 Å². The Morgan fingerprint density at radius 3 is 2.80 bits per heavy atom. The number of methoxy groups -OCH3 is 1. The Balaban J connectivity index is 2.21. The zero-order chi connectivity index (χ0) is 14.5. The summed E-state index contributed by atoms with van der Waals surface area (Å²) in [6, 6.07) is 9.47. The largest absolute Gasteiger partial charge is 0.497 e. The van der Waals surface area contributed by atoms with Gasteiger partial charge in [0.15, 0.2) is 6.29 Å². The van der Waals surface area contributed by atoms with Crippen molar-refractivity contribution < 1.29 is 18.7 Å². The van der Waals surface area contributed by atoms with Gasteiger partial charge in [0.25, 0.3) is 0 Å². The van der Waals surface area contributed by atoms with Crippen LogP contribution < -0.4 is 9.47 Å². The minimum absolute atomic E-state index is 0.0274. The van der Waals surface area contributed by atoms with Gasteiger partial charge >= 0.3 is 0 Å². The van der Waals surface area contributed by atoms with E-state index in [1.807, 2.05) is 0 Å². The van der Waals surface area contributed by atoms with E-state index < -0.39 is 5.82 Å². The number of hydrogen-bond acceptors (Lipinski definition) is 3. The molecule has 2 aromatic carbocycles. The average Bonchev–Trinajstić information content (AvgIpc) is 2.48. The van der Waals surface area contributed by atoms with Crippen molar-refractivity contribution in [2.75, 3.05) is 7.11 Å². The number of rotatable bonds is 5. The summed E-state index contributed by atoms with van der Waals surface area (Å²) in [5.41, 5.74) is 0.686. The normalized spacial score (nSPS) is 10.2. The van der Waals surface area contributed by atoms with Gasteiger partial charge in [-0.05, 0) is 18.2 Å². The zero-order valence-corrected chi connectivity index (χ0v) is 11.5. The summed E-state index contributed by atoms with van der Waals surface area (Å²) in [5, 5.41) is 0.0346. The second kappa shape index (κ2) is 6.39. The van der Waals surface area contributed by atoms with Crippen molar-refractivity contribution >= 4 is 17.9 Å². The van der Waals surface area contributed by atoms with E-state index >= 15 is 0 Å². The molecule has 20 heavy (non-hydrogen) atoms. The van der Waals surface area contributed by atoms with Gasteiger partial charge in [0.1, 0.15) is 23.9 Å². The quantitative estimate of drug-likeness (QED) is 0.785. The fourth-order valence-corrected chi connectivity index (χ4v) is 1.87. The van der Waals surface area contributed by atoms with Crippen molar-refractivity contribution in [3.05, 3.63) is 58.4 Å². The lowest BCUT2D eigenvalue weighted by molar-refractivity contribution is 0.111. The summed E-state index contributed by atoms with van der Waals surface area (Å²) in [4.78, 5) is 10.9. The van der Waals surface area contributed by atoms with Crippen molar-refractivity contribution in [3.63, 3.8) is 0 Å². The second-order valence-corrected chi connectivity index (χ2v) is 4.43. The van der Waals surface area contributed by atoms with E-state index in [9.17, 15) is 9.18 Å². The molecule has 2 rings (SSSR count). The lowest BCUT2D eigenvalue weighted by Crippen LogP contribution is -2.01. The van der Waals surface area contributed by atoms with Gasteiger partial charge in [-0.1, -0.05) is 23.7 Å². The number of benzene rings is 2. The van der Waals surface area contributed by atoms with Crippen molar-refractivity contribution in [3.8, 4) is 11.5 Å². The van der Waals surface area contributed by atoms with Gasteiger partial charge in [0.2, 0.25) is 0 Å². The molecule has 0 saturated heterocycles. The van der Waals surface area contributed by atoms with Crippen LogP contribution in [0, 0.1) is 5.82 Å². The molecule has 0 aliphatic heterocycles. The lowest BCUT2D eigenvalue weighted by Gasteiger charge is -2.11. The first-order chi connectivity index (χ1) is 9.65. The Bertz CT molecular complexity index is 629. The van der Waals surface area contributed by atoms with Crippen LogP contribution in [-0.2, 0) is 6.61 Å². The highest BCUT2D eigenvalue weighted by Crippen LogP contribution is 2.25. The van der Waals surface area contributed by atoms with Gasteiger partial charge in [-0.15, -0.1) is 0 Å². The molecule has 0 N–H and O–H groups in total. The van der Waals surface area contributed by atoms with E-state index in [1.54, 1.807) is 30.3 Å². The maximum absolute atomic E-state index is 13.7. The van der Waals surface area contributed by atoms with E-state index in [4.69, 9.17) is 21.1 Å². The standard InChI is InChI=1S/C15H12ClFO3/c1-19-12-6-5-10(8-18)14(7-12)20-9-11-3-2-4-13(16)15(11)17/h2-8H,9H2,1H3. The van der Waals surface area contributed by atoms with E-state index in [0.29, 0.717) is 28.9 Å². The highest BCUT2D eigenvalue weighted by molar-refractivity contribution is 6.30. The Morgan fingerprint density at radius 2 is 2.10 bits per heavy atom. The van der Waals surface area contributed by atoms with Crippen LogP contribution in [0.2, 0.25) is 5.02 Å². The van der Waals surface area contributed by atoms with Crippen LogP contribution in [-0.4, -0.2) is 13.4 Å². The molecule has 2 aromatic rings. The summed E-state index contributed by atoms with van der Waals surface area (Å²) in [7, 11) is 1.51. The van der Waals surface area contributed by atoms with Crippen molar-refractivity contribution in [2.45, 2.75) is 6.61 Å². The van der Waals surface area contributed by atoms with Gasteiger partial charge < -0.3 is 9.47 Å². The highest BCUT2D eigenvalue weighted by Gasteiger charge is 2.09. The highest BCUT2D eigenvalue weighted by atomic mass is 35.5. The van der Waals surface area contributed by atoms with E-state index in [-0.39, 0.29) is 11.6 Å².